The number of aromatic amines is 1. The summed E-state index contributed by atoms with van der Waals surface area (Å²) in [5.74, 6) is 0.256. The Labute approximate surface area is 125 Å². The lowest BCUT2D eigenvalue weighted by molar-refractivity contribution is -0.117. The molecule has 1 saturated carbocycles. The molecule has 0 spiro atoms. The van der Waals surface area contributed by atoms with Gasteiger partial charge in [0.2, 0.25) is 5.91 Å². The lowest BCUT2D eigenvalue weighted by Gasteiger charge is -1.99. The van der Waals surface area contributed by atoms with Crippen molar-refractivity contribution in [1.82, 2.24) is 15.2 Å². The highest BCUT2D eigenvalue weighted by Gasteiger charge is 2.30. The maximum Gasteiger partial charge on any atom is 0.229 e. The zero-order valence-electron chi connectivity index (χ0n) is 11.5. The minimum atomic E-state index is 0.0762. The second kappa shape index (κ2) is 4.66. The number of thiazole rings is 1. The highest BCUT2D eigenvalue weighted by Crippen LogP contribution is 2.35. The van der Waals surface area contributed by atoms with Gasteiger partial charge in [0.15, 0.2) is 10.8 Å². The van der Waals surface area contributed by atoms with Crippen molar-refractivity contribution in [3.05, 3.63) is 29.8 Å². The molecule has 0 bridgehead atoms. The Morgan fingerprint density at radius 2 is 2.10 bits per heavy atom. The van der Waals surface area contributed by atoms with Gasteiger partial charge in [0.1, 0.15) is 4.70 Å². The second-order valence-electron chi connectivity index (χ2n) is 5.40. The number of aromatic nitrogens is 3. The van der Waals surface area contributed by atoms with Crippen molar-refractivity contribution in [3.8, 4) is 11.3 Å². The maximum atomic E-state index is 11.8. The fraction of sp³-hybridized carbons (Fsp3) is 0.267. The first-order valence-electron chi connectivity index (χ1n) is 6.93. The first kappa shape index (κ1) is 12.5. The summed E-state index contributed by atoms with van der Waals surface area (Å²) < 4.78 is 0.977. The maximum absolute atomic E-state index is 11.8. The fourth-order valence-corrected chi connectivity index (χ4v) is 3.16. The van der Waals surface area contributed by atoms with E-state index < -0.39 is 0 Å². The fourth-order valence-electron chi connectivity index (χ4n) is 2.23. The van der Waals surface area contributed by atoms with Crippen LogP contribution in [0.25, 0.3) is 21.6 Å². The van der Waals surface area contributed by atoms with Gasteiger partial charge in [-0.25, -0.2) is 0 Å². The van der Waals surface area contributed by atoms with Gasteiger partial charge >= 0.3 is 0 Å². The molecule has 4 rings (SSSR count). The van der Waals surface area contributed by atoms with Crippen LogP contribution in [0.1, 0.15) is 18.4 Å². The van der Waals surface area contributed by atoms with Gasteiger partial charge in [0.05, 0.1) is 5.69 Å². The molecule has 21 heavy (non-hydrogen) atoms. The van der Waals surface area contributed by atoms with Crippen LogP contribution in [0.4, 0.5) is 5.13 Å². The van der Waals surface area contributed by atoms with Crippen molar-refractivity contribution >= 4 is 32.7 Å². The van der Waals surface area contributed by atoms with Crippen molar-refractivity contribution in [2.24, 2.45) is 5.92 Å². The Morgan fingerprint density at radius 3 is 2.81 bits per heavy atom. The largest absolute Gasteiger partial charge is 0.302 e. The number of nitrogens with zero attached hydrogens (tertiary/aromatic N) is 2. The van der Waals surface area contributed by atoms with Crippen molar-refractivity contribution in [2.75, 3.05) is 5.32 Å². The average molecular weight is 298 g/mol. The number of hydrogen-bond acceptors (Lipinski definition) is 4. The van der Waals surface area contributed by atoms with E-state index in [1.54, 1.807) is 0 Å². The molecule has 1 fully saturated rings. The van der Waals surface area contributed by atoms with Crippen molar-refractivity contribution in [3.63, 3.8) is 0 Å². The van der Waals surface area contributed by atoms with Crippen LogP contribution in [0, 0.1) is 12.8 Å². The number of carbonyl (C=O) groups excluding carboxylic acids is 1. The average Bonchev–Trinajstić information content (AvgIpc) is 3.15. The molecule has 1 amide bonds. The normalized spacial score (nSPS) is 14.5. The lowest BCUT2D eigenvalue weighted by Crippen LogP contribution is -2.12. The van der Waals surface area contributed by atoms with Crippen LogP contribution in [-0.4, -0.2) is 21.1 Å². The Balaban J connectivity index is 1.68. The number of rotatable bonds is 3. The number of carbonyl (C=O) groups is 1. The topological polar surface area (TPSA) is 70.7 Å². The van der Waals surface area contributed by atoms with E-state index in [1.165, 1.54) is 16.9 Å². The first-order valence-corrected chi connectivity index (χ1v) is 7.75. The summed E-state index contributed by atoms with van der Waals surface area (Å²) in [5.41, 5.74) is 3.90. The second-order valence-corrected chi connectivity index (χ2v) is 6.40. The molecule has 2 N–H and O–H groups in total. The van der Waals surface area contributed by atoms with Crippen LogP contribution in [0.5, 0.6) is 0 Å². The van der Waals surface area contributed by atoms with Gasteiger partial charge in [-0.15, -0.1) is 0 Å². The Bertz CT molecular complexity index is 814. The third-order valence-corrected chi connectivity index (χ3v) is 4.61. The summed E-state index contributed by atoms with van der Waals surface area (Å²) in [6.45, 7) is 2.06. The number of hydrogen-bond donors (Lipinski definition) is 2. The zero-order valence-corrected chi connectivity index (χ0v) is 12.3. The third kappa shape index (κ3) is 2.31. The molecule has 0 radical (unpaired) electrons. The van der Waals surface area contributed by atoms with E-state index in [-0.39, 0.29) is 11.8 Å². The monoisotopic (exact) mass is 298 g/mol. The highest BCUT2D eigenvalue weighted by atomic mass is 32.1. The number of benzene rings is 1. The summed E-state index contributed by atoms with van der Waals surface area (Å²) in [4.78, 5) is 16.2. The third-order valence-electron chi connectivity index (χ3n) is 3.63. The molecule has 1 aliphatic carbocycles. The summed E-state index contributed by atoms with van der Waals surface area (Å²) in [6, 6.07) is 8.26. The van der Waals surface area contributed by atoms with Crippen molar-refractivity contribution in [1.29, 1.82) is 0 Å². The molecule has 0 saturated heterocycles. The van der Waals surface area contributed by atoms with Crippen molar-refractivity contribution < 1.29 is 4.79 Å². The Kier molecular flexibility index (Phi) is 2.78. The Morgan fingerprint density at radius 1 is 1.33 bits per heavy atom. The minimum Gasteiger partial charge on any atom is -0.302 e. The molecule has 106 valence electrons. The first-order chi connectivity index (χ1) is 10.2. The van der Waals surface area contributed by atoms with Gasteiger partial charge in [0.25, 0.3) is 0 Å². The predicted molar refractivity (Wildman–Crippen MR) is 83.3 cm³/mol. The predicted octanol–water partition coefficient (Wildman–Crippen LogP) is 3.34. The molecule has 5 nitrogen and oxygen atoms in total. The van der Waals surface area contributed by atoms with Gasteiger partial charge in [-0.2, -0.15) is 10.1 Å². The minimum absolute atomic E-state index is 0.0762. The van der Waals surface area contributed by atoms with Crippen LogP contribution in [0.3, 0.4) is 0 Å². The molecular formula is C15H14N4OS. The van der Waals surface area contributed by atoms with Crippen LogP contribution < -0.4 is 5.32 Å². The van der Waals surface area contributed by atoms with E-state index in [0.29, 0.717) is 10.8 Å². The molecule has 2 heterocycles. The van der Waals surface area contributed by atoms with Gasteiger partial charge in [-0.1, -0.05) is 41.2 Å². The van der Waals surface area contributed by atoms with Crippen LogP contribution in [-0.2, 0) is 4.79 Å². The molecular weight excluding hydrogens is 284 g/mol. The van der Waals surface area contributed by atoms with Crippen LogP contribution >= 0.6 is 11.3 Å². The van der Waals surface area contributed by atoms with E-state index in [9.17, 15) is 4.79 Å². The smallest absolute Gasteiger partial charge is 0.229 e. The van der Waals surface area contributed by atoms with E-state index >= 15 is 0 Å². The quantitative estimate of drug-likeness (QED) is 0.779. The van der Waals surface area contributed by atoms with Gasteiger partial charge < -0.3 is 5.32 Å². The van der Waals surface area contributed by atoms with Crippen LogP contribution in [0.15, 0.2) is 24.3 Å². The van der Waals surface area contributed by atoms with Crippen LogP contribution in [0.2, 0.25) is 0 Å². The van der Waals surface area contributed by atoms with Gasteiger partial charge in [-0.05, 0) is 19.8 Å². The molecule has 6 heteroatoms. The zero-order chi connectivity index (χ0) is 14.4. The van der Waals surface area contributed by atoms with E-state index in [4.69, 9.17) is 0 Å². The SMILES string of the molecule is Cc1ccc(-c2[nH]nc3nc(NC(=O)C4CC4)sc23)cc1. The molecule has 3 aromatic rings. The molecule has 0 atom stereocenters. The Hall–Kier alpha value is -2.21. The molecule has 0 aliphatic heterocycles. The van der Waals surface area contributed by atoms with E-state index in [0.717, 1.165) is 28.8 Å². The molecule has 1 aromatic carbocycles. The number of aryl methyl sites for hydroxylation is 1. The summed E-state index contributed by atoms with van der Waals surface area (Å²) >= 11 is 1.47. The number of fused-ring (bicyclic) bond motifs is 1. The van der Waals surface area contributed by atoms with E-state index in [1.807, 2.05) is 0 Å². The van der Waals surface area contributed by atoms with E-state index in [2.05, 4.69) is 51.7 Å². The number of anilines is 1. The molecule has 0 unspecified atom stereocenters. The lowest BCUT2D eigenvalue weighted by atomic mass is 10.1. The van der Waals surface area contributed by atoms with Gasteiger partial charge in [0, 0.05) is 11.5 Å². The molecule has 2 aromatic heterocycles. The highest BCUT2D eigenvalue weighted by molar-refractivity contribution is 7.22. The van der Waals surface area contributed by atoms with Crippen molar-refractivity contribution in [2.45, 2.75) is 19.8 Å². The number of amides is 1. The molecule has 1 aliphatic rings. The summed E-state index contributed by atoms with van der Waals surface area (Å²) in [6.07, 6.45) is 1.98. The summed E-state index contributed by atoms with van der Waals surface area (Å²) in [5, 5.41) is 10.8. The number of H-pyrrole nitrogens is 1. The number of nitrogens with one attached hydrogen (secondary N) is 2. The standard InChI is InChI=1S/C15H14N4OS/c1-8-2-4-9(5-3-8)11-12-13(19-18-11)16-15(21-12)17-14(20)10-6-7-10/h2-5,10H,6-7H2,1H3,(H2,16,17,18,19,20). The van der Waals surface area contributed by atoms with Gasteiger partial charge in [-0.3, -0.25) is 9.89 Å². The summed E-state index contributed by atoms with van der Waals surface area (Å²) in [7, 11) is 0.